The Hall–Kier alpha value is -1.87. The second kappa shape index (κ2) is 3.71. The molecule has 1 aliphatic heterocycles. The molecule has 1 aliphatic rings. The van der Waals surface area contributed by atoms with Crippen LogP contribution in [0.25, 0.3) is 0 Å². The summed E-state index contributed by atoms with van der Waals surface area (Å²) in [5.74, 6) is 1.05. The van der Waals surface area contributed by atoms with Gasteiger partial charge in [-0.3, -0.25) is 0 Å². The summed E-state index contributed by atoms with van der Waals surface area (Å²) in [7, 11) is 0. The number of hydrogen-bond acceptors (Lipinski definition) is 4. The van der Waals surface area contributed by atoms with Gasteiger partial charge >= 0.3 is 0 Å². The van der Waals surface area contributed by atoms with E-state index in [9.17, 15) is 9.18 Å². The average Bonchev–Trinajstić information content (AvgIpc) is 2.63. The lowest BCUT2D eigenvalue weighted by Crippen LogP contribution is -1.93. The van der Waals surface area contributed by atoms with Gasteiger partial charge in [0.05, 0.1) is 0 Å². The maximum Gasteiger partial charge on any atom is 0.238 e. The molecule has 0 aliphatic carbocycles. The van der Waals surface area contributed by atoms with Crippen LogP contribution in [0.15, 0.2) is 17.1 Å². The molecule has 15 heavy (non-hydrogen) atoms. The van der Waals surface area contributed by atoms with Crippen molar-refractivity contribution in [1.82, 2.24) is 0 Å². The Bertz CT molecular complexity index is 441. The number of fused-ring (bicyclic) bond motifs is 1. The van der Waals surface area contributed by atoms with Gasteiger partial charge in [0.1, 0.15) is 0 Å². The molecule has 78 valence electrons. The van der Waals surface area contributed by atoms with Crippen molar-refractivity contribution >= 4 is 6.08 Å². The number of carbonyl (C=O) groups excluding carboxylic acids is 1. The number of aryl methyl sites for hydroxylation is 1. The Morgan fingerprint density at radius 2 is 2.13 bits per heavy atom. The van der Waals surface area contributed by atoms with E-state index in [1.165, 1.54) is 12.1 Å². The molecular formula is C10H8FNO3. The highest BCUT2D eigenvalue weighted by atomic mass is 19.1. The maximum atomic E-state index is 13.3. The Labute approximate surface area is 85.3 Å². The number of benzene rings is 1. The number of halogens is 1. The predicted octanol–water partition coefficient (Wildman–Crippen LogP) is 2.03. The van der Waals surface area contributed by atoms with Gasteiger partial charge in [-0.15, -0.1) is 0 Å². The highest BCUT2D eigenvalue weighted by Crippen LogP contribution is 2.37. The molecule has 0 saturated carbocycles. The number of isocyanates is 1. The number of alkyl halides is 1. The first kappa shape index (κ1) is 9.68. The average molecular weight is 209 g/mol. The molecule has 1 aromatic rings. The Morgan fingerprint density at radius 3 is 2.80 bits per heavy atom. The molecular weight excluding hydrogens is 201 g/mol. The number of hydrogen-bond donors (Lipinski definition) is 0. The van der Waals surface area contributed by atoms with Gasteiger partial charge < -0.3 is 9.47 Å². The van der Waals surface area contributed by atoms with Gasteiger partial charge in [0, 0.05) is 5.56 Å². The zero-order chi connectivity index (χ0) is 10.8. The normalized spacial score (nSPS) is 14.5. The minimum atomic E-state index is -1.70. The Morgan fingerprint density at radius 1 is 1.47 bits per heavy atom. The maximum absolute atomic E-state index is 13.3. The minimum absolute atomic E-state index is 0.131. The zero-order valence-electron chi connectivity index (χ0n) is 7.99. The van der Waals surface area contributed by atoms with Crippen LogP contribution in [0.4, 0.5) is 4.39 Å². The van der Waals surface area contributed by atoms with Crippen LogP contribution < -0.4 is 9.47 Å². The van der Waals surface area contributed by atoms with Gasteiger partial charge in [-0.1, -0.05) is 0 Å². The number of rotatable bonds is 2. The molecule has 1 unspecified atom stereocenters. The van der Waals surface area contributed by atoms with Crippen molar-refractivity contribution < 1.29 is 18.7 Å². The lowest BCUT2D eigenvalue weighted by atomic mass is 10.1. The molecule has 1 aromatic carbocycles. The monoisotopic (exact) mass is 209 g/mol. The van der Waals surface area contributed by atoms with E-state index in [0.29, 0.717) is 22.6 Å². The zero-order valence-corrected chi connectivity index (χ0v) is 7.99. The fraction of sp³-hybridized carbons (Fsp3) is 0.300. The molecule has 5 heteroatoms. The second-order valence-electron chi connectivity index (χ2n) is 3.12. The third-order valence-corrected chi connectivity index (χ3v) is 2.18. The molecule has 0 aromatic heterocycles. The van der Waals surface area contributed by atoms with Crippen molar-refractivity contribution in [3.05, 3.63) is 23.3 Å². The molecule has 4 nitrogen and oxygen atoms in total. The topological polar surface area (TPSA) is 47.9 Å². The van der Waals surface area contributed by atoms with Crippen molar-refractivity contribution in [2.75, 3.05) is 6.79 Å². The largest absolute Gasteiger partial charge is 0.454 e. The van der Waals surface area contributed by atoms with Gasteiger partial charge in [-0.25, -0.2) is 9.18 Å². The van der Waals surface area contributed by atoms with Crippen molar-refractivity contribution in [2.24, 2.45) is 4.99 Å². The second-order valence-corrected chi connectivity index (χ2v) is 3.12. The summed E-state index contributed by atoms with van der Waals surface area (Å²) >= 11 is 0. The summed E-state index contributed by atoms with van der Waals surface area (Å²) in [4.78, 5) is 13.0. The van der Waals surface area contributed by atoms with E-state index in [2.05, 4.69) is 4.99 Å². The van der Waals surface area contributed by atoms with E-state index >= 15 is 0 Å². The van der Waals surface area contributed by atoms with Crippen LogP contribution in [0.3, 0.4) is 0 Å². The molecule has 0 spiro atoms. The smallest absolute Gasteiger partial charge is 0.238 e. The summed E-state index contributed by atoms with van der Waals surface area (Å²) in [5, 5.41) is 0. The van der Waals surface area contributed by atoms with Crippen LogP contribution >= 0.6 is 0 Å². The first-order chi connectivity index (χ1) is 7.22. The van der Waals surface area contributed by atoms with E-state index in [1.807, 2.05) is 0 Å². The summed E-state index contributed by atoms with van der Waals surface area (Å²) in [6, 6.07) is 3.15. The number of aliphatic imine (C=N–C) groups is 1. The summed E-state index contributed by atoms with van der Waals surface area (Å²) < 4.78 is 23.6. The van der Waals surface area contributed by atoms with Crippen LogP contribution in [-0.4, -0.2) is 12.9 Å². The van der Waals surface area contributed by atoms with Gasteiger partial charge in [-0.05, 0) is 24.6 Å². The summed E-state index contributed by atoms with van der Waals surface area (Å²) in [6.07, 6.45) is -0.508. The van der Waals surface area contributed by atoms with Crippen LogP contribution in [-0.2, 0) is 4.79 Å². The third kappa shape index (κ3) is 1.69. The van der Waals surface area contributed by atoms with E-state index in [-0.39, 0.29) is 6.79 Å². The molecule has 0 amide bonds. The standard InChI is InChI=1S/C10H8FNO3/c1-6-2-8-9(15-5-14-8)3-7(6)10(11)12-4-13/h2-3,10H,5H2,1H3. The SMILES string of the molecule is Cc1cc2c(cc1C(F)N=C=O)OCO2. The molecule has 0 bridgehead atoms. The van der Waals surface area contributed by atoms with Gasteiger partial charge in [0.15, 0.2) is 11.5 Å². The fourth-order valence-corrected chi connectivity index (χ4v) is 1.43. The molecule has 0 fully saturated rings. The molecule has 0 saturated heterocycles. The molecule has 0 N–H and O–H groups in total. The molecule has 1 atom stereocenters. The first-order valence-electron chi connectivity index (χ1n) is 4.33. The van der Waals surface area contributed by atoms with Crippen LogP contribution in [0.2, 0.25) is 0 Å². The lowest BCUT2D eigenvalue weighted by molar-refractivity contribution is 0.174. The third-order valence-electron chi connectivity index (χ3n) is 2.18. The lowest BCUT2D eigenvalue weighted by Gasteiger charge is -2.07. The molecule has 0 radical (unpaired) electrons. The van der Waals surface area contributed by atoms with Crippen molar-refractivity contribution in [1.29, 1.82) is 0 Å². The van der Waals surface area contributed by atoms with Gasteiger partial charge in [0.25, 0.3) is 0 Å². The van der Waals surface area contributed by atoms with Gasteiger partial charge in [-0.2, -0.15) is 4.99 Å². The quantitative estimate of drug-likeness (QED) is 0.425. The summed E-state index contributed by atoms with van der Waals surface area (Å²) in [6.45, 7) is 1.84. The fourth-order valence-electron chi connectivity index (χ4n) is 1.43. The predicted molar refractivity (Wildman–Crippen MR) is 49.3 cm³/mol. The van der Waals surface area contributed by atoms with Crippen molar-refractivity contribution in [3.8, 4) is 11.5 Å². The van der Waals surface area contributed by atoms with Crippen molar-refractivity contribution in [2.45, 2.75) is 13.2 Å². The molecule has 1 heterocycles. The molecule has 2 rings (SSSR count). The number of nitrogens with zero attached hydrogens (tertiary/aromatic N) is 1. The van der Waals surface area contributed by atoms with Gasteiger partial charge in [0.2, 0.25) is 19.2 Å². The van der Waals surface area contributed by atoms with Crippen LogP contribution in [0.1, 0.15) is 17.4 Å². The summed E-state index contributed by atoms with van der Waals surface area (Å²) in [5.41, 5.74) is 0.952. The van der Waals surface area contributed by atoms with Crippen LogP contribution in [0, 0.1) is 6.92 Å². The highest BCUT2D eigenvalue weighted by Gasteiger charge is 2.19. The Balaban J connectivity index is 2.44. The highest BCUT2D eigenvalue weighted by molar-refractivity contribution is 5.49. The van der Waals surface area contributed by atoms with E-state index < -0.39 is 6.30 Å². The van der Waals surface area contributed by atoms with E-state index in [1.54, 1.807) is 13.0 Å². The number of ether oxygens (including phenoxy) is 2. The minimum Gasteiger partial charge on any atom is -0.454 e. The van der Waals surface area contributed by atoms with E-state index in [0.717, 1.165) is 0 Å². The Kier molecular flexibility index (Phi) is 2.39. The first-order valence-corrected chi connectivity index (χ1v) is 4.33. The van der Waals surface area contributed by atoms with Crippen molar-refractivity contribution in [3.63, 3.8) is 0 Å². The van der Waals surface area contributed by atoms with Crippen LogP contribution in [0.5, 0.6) is 11.5 Å². The van der Waals surface area contributed by atoms with E-state index in [4.69, 9.17) is 9.47 Å².